The molecule has 0 aromatic carbocycles. The molecule has 1 aliphatic carbocycles. The van der Waals surface area contributed by atoms with Gasteiger partial charge >= 0.3 is 5.97 Å². The van der Waals surface area contributed by atoms with Crippen molar-refractivity contribution >= 4 is 49.2 Å². The molecule has 1 heterocycles. The van der Waals surface area contributed by atoms with Gasteiger partial charge in [0.2, 0.25) is 0 Å². The van der Waals surface area contributed by atoms with Gasteiger partial charge in [0.15, 0.2) is 0 Å². The lowest BCUT2D eigenvalue weighted by Gasteiger charge is -2.19. The fourth-order valence-electron chi connectivity index (χ4n) is 3.65. The molecule has 8 heteroatoms. The zero-order valence-corrected chi connectivity index (χ0v) is 20.1. The number of carbonyl (C=O) groups is 1. The normalized spacial score (nSPS) is 26.0. The van der Waals surface area contributed by atoms with E-state index in [-0.39, 0.29) is 18.3 Å². The summed E-state index contributed by atoms with van der Waals surface area (Å²) in [4.78, 5) is 10.5. The van der Waals surface area contributed by atoms with E-state index in [1.807, 2.05) is 24.3 Å². The van der Waals surface area contributed by atoms with Crippen LogP contribution in [-0.2, 0) is 11.2 Å². The van der Waals surface area contributed by atoms with Crippen LogP contribution < -0.4 is 0 Å². The number of aryl methyl sites for hydroxylation is 1. The van der Waals surface area contributed by atoms with Crippen molar-refractivity contribution in [3.63, 3.8) is 0 Å². The van der Waals surface area contributed by atoms with Gasteiger partial charge in [-0.2, -0.15) is 0 Å². The average molecular weight is 552 g/mol. The third-order valence-corrected chi connectivity index (χ3v) is 7.71. The number of rotatable bonds is 11. The Balaban J connectivity index is 1.84. The van der Waals surface area contributed by atoms with Gasteiger partial charge < -0.3 is 20.4 Å². The van der Waals surface area contributed by atoms with Gasteiger partial charge in [0.25, 0.3) is 0 Å². The summed E-state index contributed by atoms with van der Waals surface area (Å²) in [6.45, 7) is 0. The molecule has 1 fully saturated rings. The lowest BCUT2D eigenvalue weighted by atomic mass is 9.89. The number of allylic oxidation sites excluding steroid dienone is 2. The Kier molecular flexibility index (Phi) is 10.6. The number of unbranched alkanes of at least 4 members (excludes halogenated alkanes) is 1. The first-order chi connectivity index (χ1) is 13.8. The van der Waals surface area contributed by atoms with Gasteiger partial charge in [-0.05, 0) is 81.5 Å². The number of aliphatic carboxylic acids is 1. The Morgan fingerprint density at radius 3 is 2.69 bits per heavy atom. The molecule has 4 N–H and O–H groups in total. The number of halogens is 2. The summed E-state index contributed by atoms with van der Waals surface area (Å²) in [5.41, 5.74) is 1.15. The van der Waals surface area contributed by atoms with Crippen LogP contribution in [0.3, 0.4) is 0 Å². The van der Waals surface area contributed by atoms with Crippen molar-refractivity contribution in [1.29, 1.82) is 0 Å². The van der Waals surface area contributed by atoms with E-state index in [9.17, 15) is 20.1 Å². The van der Waals surface area contributed by atoms with Crippen molar-refractivity contribution in [2.75, 3.05) is 0 Å². The van der Waals surface area contributed by atoms with Gasteiger partial charge in [-0.25, -0.2) is 0 Å². The average Bonchev–Trinajstić information content (AvgIpc) is 3.11. The first kappa shape index (κ1) is 24.8. The second-order valence-corrected chi connectivity index (χ2v) is 11.2. The molecule has 1 aromatic heterocycles. The van der Waals surface area contributed by atoms with Crippen LogP contribution in [0.25, 0.3) is 0 Å². The third-order valence-electron chi connectivity index (χ3n) is 5.24. The highest BCUT2D eigenvalue weighted by Gasteiger charge is 2.39. The van der Waals surface area contributed by atoms with Crippen LogP contribution in [0.4, 0.5) is 0 Å². The number of thiophene rings is 1. The predicted octanol–water partition coefficient (Wildman–Crippen LogP) is 4.68. The summed E-state index contributed by atoms with van der Waals surface area (Å²) in [6.07, 6.45) is 9.34. The summed E-state index contributed by atoms with van der Waals surface area (Å²) >= 11 is 8.58. The van der Waals surface area contributed by atoms with Gasteiger partial charge in [0.05, 0.1) is 25.9 Å². The van der Waals surface area contributed by atoms with Crippen molar-refractivity contribution in [2.45, 2.75) is 63.3 Å². The van der Waals surface area contributed by atoms with E-state index < -0.39 is 24.3 Å². The van der Waals surface area contributed by atoms with Gasteiger partial charge in [-0.3, -0.25) is 4.79 Å². The number of hydrogen-bond donors (Lipinski definition) is 4. The SMILES string of the molecule is O=C(O)CCCC=CC[C@@H]1[C@@H](C=C[C@H](O)CCc2cc(Br)sc2Br)[C@@H](O)C[C@@H]1O. The van der Waals surface area contributed by atoms with Crippen LogP contribution in [0, 0.1) is 11.8 Å². The molecule has 1 saturated carbocycles. The smallest absolute Gasteiger partial charge is 0.303 e. The quantitative estimate of drug-likeness (QED) is 0.236. The minimum Gasteiger partial charge on any atom is -0.481 e. The largest absolute Gasteiger partial charge is 0.481 e. The molecule has 29 heavy (non-hydrogen) atoms. The van der Waals surface area contributed by atoms with E-state index in [1.165, 1.54) is 0 Å². The molecule has 162 valence electrons. The minimum absolute atomic E-state index is 0.105. The van der Waals surface area contributed by atoms with E-state index in [2.05, 4.69) is 31.9 Å². The molecular formula is C21H28Br2O5S. The molecule has 1 aromatic rings. The Labute approximate surface area is 192 Å². The van der Waals surface area contributed by atoms with E-state index >= 15 is 0 Å². The maximum Gasteiger partial charge on any atom is 0.303 e. The second-order valence-electron chi connectivity index (χ2n) is 7.45. The Bertz CT molecular complexity index is 718. The molecule has 2 rings (SSSR count). The molecule has 0 aliphatic heterocycles. The highest BCUT2D eigenvalue weighted by atomic mass is 79.9. The molecule has 0 amide bonds. The number of carboxylic acids is 1. The fourth-order valence-corrected chi connectivity index (χ4v) is 6.56. The van der Waals surface area contributed by atoms with Crippen LogP contribution in [-0.4, -0.2) is 44.7 Å². The molecule has 0 bridgehead atoms. The summed E-state index contributed by atoms with van der Waals surface area (Å²) in [6, 6.07) is 2.04. The molecular weight excluding hydrogens is 524 g/mol. The maximum atomic E-state index is 10.5. The molecule has 5 atom stereocenters. The summed E-state index contributed by atoms with van der Waals surface area (Å²) in [5, 5.41) is 39.5. The second kappa shape index (κ2) is 12.4. The van der Waals surface area contributed by atoms with Crippen LogP contribution in [0.15, 0.2) is 37.9 Å². The van der Waals surface area contributed by atoms with Crippen LogP contribution in [0.2, 0.25) is 0 Å². The standard InChI is InChI=1S/C21H28Br2O5S/c22-19-11-13(21(23)29-19)7-8-14(24)9-10-16-15(17(25)12-18(16)26)5-3-1-2-4-6-20(27)28/h1,3,9-11,14-18,24-26H,2,4-8,12H2,(H,27,28)/t14-,15-,16-,17+,18+/m1/s1. The highest BCUT2D eigenvalue weighted by Crippen LogP contribution is 2.36. The Hall–Kier alpha value is -0.510. The Morgan fingerprint density at radius 1 is 1.28 bits per heavy atom. The number of hydrogen-bond acceptors (Lipinski definition) is 5. The van der Waals surface area contributed by atoms with E-state index in [1.54, 1.807) is 17.4 Å². The molecule has 5 nitrogen and oxygen atoms in total. The van der Waals surface area contributed by atoms with Crippen molar-refractivity contribution < 1.29 is 25.2 Å². The first-order valence-corrected chi connectivity index (χ1v) is 12.2. The predicted molar refractivity (Wildman–Crippen MR) is 122 cm³/mol. The van der Waals surface area contributed by atoms with Gasteiger partial charge in [-0.1, -0.05) is 24.3 Å². The number of aliphatic hydroxyl groups excluding tert-OH is 3. The van der Waals surface area contributed by atoms with Gasteiger partial charge in [0, 0.05) is 18.8 Å². The molecule has 0 radical (unpaired) electrons. The summed E-state index contributed by atoms with van der Waals surface area (Å²) in [5.74, 6) is -1.10. The third kappa shape index (κ3) is 8.26. The van der Waals surface area contributed by atoms with Crippen molar-refractivity contribution in [2.24, 2.45) is 11.8 Å². The van der Waals surface area contributed by atoms with E-state index in [0.717, 1.165) is 19.6 Å². The lowest BCUT2D eigenvalue weighted by Crippen LogP contribution is -2.20. The maximum absolute atomic E-state index is 10.5. The van der Waals surface area contributed by atoms with E-state index in [4.69, 9.17) is 5.11 Å². The molecule has 0 saturated heterocycles. The van der Waals surface area contributed by atoms with Crippen LogP contribution >= 0.6 is 43.2 Å². The van der Waals surface area contributed by atoms with Gasteiger partial charge in [-0.15, -0.1) is 11.3 Å². The molecule has 1 aliphatic rings. The minimum atomic E-state index is -0.796. The van der Waals surface area contributed by atoms with Gasteiger partial charge in [0.1, 0.15) is 0 Å². The number of carboxylic acid groups (broad SMARTS) is 1. The van der Waals surface area contributed by atoms with Crippen molar-refractivity contribution in [1.82, 2.24) is 0 Å². The summed E-state index contributed by atoms with van der Waals surface area (Å²) < 4.78 is 2.11. The monoisotopic (exact) mass is 550 g/mol. The summed E-state index contributed by atoms with van der Waals surface area (Å²) in [7, 11) is 0. The fraction of sp³-hybridized carbons (Fsp3) is 0.571. The first-order valence-electron chi connectivity index (χ1n) is 9.81. The molecule has 0 unspecified atom stereocenters. The zero-order chi connectivity index (χ0) is 21.4. The Morgan fingerprint density at radius 2 is 2.03 bits per heavy atom. The van der Waals surface area contributed by atoms with Crippen LogP contribution in [0.5, 0.6) is 0 Å². The van der Waals surface area contributed by atoms with E-state index in [0.29, 0.717) is 32.1 Å². The van der Waals surface area contributed by atoms with Crippen molar-refractivity contribution in [3.05, 3.63) is 43.5 Å². The van der Waals surface area contributed by atoms with Crippen LogP contribution in [0.1, 0.15) is 44.1 Å². The highest BCUT2D eigenvalue weighted by molar-refractivity contribution is 9.12. The lowest BCUT2D eigenvalue weighted by molar-refractivity contribution is -0.137. The zero-order valence-electron chi connectivity index (χ0n) is 16.1. The van der Waals surface area contributed by atoms with Crippen molar-refractivity contribution in [3.8, 4) is 0 Å². The topological polar surface area (TPSA) is 98.0 Å². The molecule has 0 spiro atoms. The number of aliphatic hydroxyl groups is 3.